The maximum Gasteiger partial charge on any atom is 0.350 e. The van der Waals surface area contributed by atoms with E-state index in [1.807, 2.05) is 0 Å². The van der Waals surface area contributed by atoms with Crippen LogP contribution in [0.15, 0.2) is 10.5 Å². The molecular formula is C13H18N6O6S2. The summed E-state index contributed by atoms with van der Waals surface area (Å²) in [4.78, 5) is 44.6. The third kappa shape index (κ3) is 4.29. The summed E-state index contributed by atoms with van der Waals surface area (Å²) in [5, 5.41) is 16.8. The molecule has 0 bridgehead atoms. The number of hydrogen-bond acceptors (Lipinski definition) is 11. The van der Waals surface area contributed by atoms with Gasteiger partial charge in [0.1, 0.15) is 24.0 Å². The van der Waals surface area contributed by atoms with Crippen molar-refractivity contribution in [3.05, 3.63) is 11.1 Å². The number of aromatic nitrogens is 1. The Kier molecular flexibility index (Phi) is 6.25. The monoisotopic (exact) mass is 418 g/mol. The lowest BCUT2D eigenvalue weighted by Gasteiger charge is -2.43. The van der Waals surface area contributed by atoms with Gasteiger partial charge in [0.15, 0.2) is 10.8 Å². The fourth-order valence-corrected chi connectivity index (χ4v) is 3.09. The van der Waals surface area contributed by atoms with Gasteiger partial charge in [0.05, 0.1) is 6.04 Å². The van der Waals surface area contributed by atoms with Gasteiger partial charge in [-0.25, -0.2) is 9.78 Å². The maximum atomic E-state index is 12.6. The van der Waals surface area contributed by atoms with Crippen LogP contribution in [0, 0.1) is 0 Å². The van der Waals surface area contributed by atoms with E-state index >= 15 is 0 Å². The summed E-state index contributed by atoms with van der Waals surface area (Å²) in [5.41, 5.74) is 9.12. The highest BCUT2D eigenvalue weighted by atomic mass is 32.2. The van der Waals surface area contributed by atoms with Gasteiger partial charge < -0.3 is 31.3 Å². The number of nitrogen functional groups attached to an aromatic ring is 1. The molecule has 7 N–H and O–H groups in total. The van der Waals surface area contributed by atoms with Crippen molar-refractivity contribution in [1.82, 2.24) is 14.6 Å². The van der Waals surface area contributed by atoms with Crippen LogP contribution in [0.25, 0.3) is 0 Å². The number of carbonyl (C=O) groups excluding carboxylic acids is 2. The fourth-order valence-electron chi connectivity index (χ4n) is 2.02. The molecule has 2 amide bonds. The Balaban J connectivity index is 2.24. The molecule has 1 aromatic rings. The van der Waals surface area contributed by atoms with Gasteiger partial charge in [-0.2, -0.15) is 0 Å². The van der Waals surface area contributed by atoms with E-state index in [4.69, 9.17) is 26.0 Å². The Morgan fingerprint density at radius 1 is 1.56 bits per heavy atom. The number of nitrogens with one attached hydrogen (secondary N) is 1. The quantitative estimate of drug-likeness (QED) is 0.116. The molecule has 2 heterocycles. The molecule has 1 aromatic heterocycles. The van der Waals surface area contributed by atoms with Crippen molar-refractivity contribution in [2.24, 2.45) is 10.9 Å². The van der Waals surface area contributed by atoms with Crippen LogP contribution >= 0.6 is 23.6 Å². The van der Waals surface area contributed by atoms with Crippen LogP contribution in [-0.2, 0) is 19.2 Å². The Labute approximate surface area is 161 Å². The highest BCUT2D eigenvalue weighted by molar-refractivity contribution is 7.92. The number of carboxylic acid groups (broad SMARTS) is 1. The molecule has 0 aliphatic carbocycles. The summed E-state index contributed by atoms with van der Waals surface area (Å²) in [6, 6.07) is -1.59. The second kappa shape index (κ2) is 8.08. The number of β-lactam (4-membered cyclic amide) rings is 1. The summed E-state index contributed by atoms with van der Waals surface area (Å²) in [6.07, 6.45) is 0. The number of carbonyl (C=O) groups is 3. The summed E-state index contributed by atoms with van der Waals surface area (Å²) in [6.45, 7) is 2.50. The molecule has 148 valence electrons. The molecule has 0 aromatic carbocycles. The fraction of sp³-hybridized carbons (Fsp3) is 0.462. The molecule has 27 heavy (non-hydrogen) atoms. The summed E-state index contributed by atoms with van der Waals surface area (Å²) >= 11 is 1.25. The maximum absolute atomic E-state index is 12.6. The highest BCUT2D eigenvalue weighted by Crippen LogP contribution is 2.26. The Hall–Kier alpha value is -2.42. The van der Waals surface area contributed by atoms with E-state index in [9.17, 15) is 14.4 Å². The molecule has 1 saturated heterocycles. The van der Waals surface area contributed by atoms with Crippen molar-refractivity contribution in [3.63, 3.8) is 0 Å². The van der Waals surface area contributed by atoms with E-state index in [2.05, 4.69) is 15.5 Å². The van der Waals surface area contributed by atoms with Gasteiger partial charge in [-0.1, -0.05) is 5.16 Å². The van der Waals surface area contributed by atoms with Crippen LogP contribution in [0.3, 0.4) is 0 Å². The minimum atomic E-state index is -1.70. The van der Waals surface area contributed by atoms with Crippen LogP contribution in [0.1, 0.15) is 19.5 Å². The number of oxime groups is 1. The lowest BCUT2D eigenvalue weighted by atomic mass is 9.98. The Morgan fingerprint density at radius 2 is 2.22 bits per heavy atom. The van der Waals surface area contributed by atoms with E-state index in [0.29, 0.717) is 0 Å². The molecule has 14 heteroatoms. The summed E-state index contributed by atoms with van der Waals surface area (Å²) < 4.78 is 10.1. The van der Waals surface area contributed by atoms with Crippen molar-refractivity contribution in [3.8, 4) is 0 Å². The molecule has 1 fully saturated rings. The van der Waals surface area contributed by atoms with Crippen LogP contribution < -0.4 is 16.8 Å². The second-order valence-corrected chi connectivity index (χ2v) is 7.36. The molecular weight excluding hydrogens is 400 g/mol. The largest absolute Gasteiger partial charge is 0.478 e. The number of rotatable bonds is 8. The Bertz CT molecular complexity index is 781. The van der Waals surface area contributed by atoms with Crippen LogP contribution in [0.4, 0.5) is 5.13 Å². The van der Waals surface area contributed by atoms with Gasteiger partial charge in [-0.15, -0.1) is 11.3 Å². The van der Waals surface area contributed by atoms with Crippen molar-refractivity contribution in [1.29, 1.82) is 0 Å². The minimum absolute atomic E-state index is 0.00289. The number of nitrogens with zero attached hydrogens (tertiary/aromatic N) is 3. The molecule has 2 rings (SSSR count). The number of nitrogens with two attached hydrogens (primary N) is 2. The van der Waals surface area contributed by atoms with Crippen molar-refractivity contribution < 1.29 is 28.9 Å². The molecule has 0 spiro atoms. The molecule has 0 radical (unpaired) electrons. The molecule has 1 aliphatic rings. The third-order valence-corrected chi connectivity index (χ3v) is 4.95. The number of aliphatic carboxylic acids is 1. The lowest BCUT2D eigenvalue weighted by Crippen LogP contribution is -2.70. The summed E-state index contributed by atoms with van der Waals surface area (Å²) in [5.74, 6) is -2.67. The van der Waals surface area contributed by atoms with E-state index in [1.54, 1.807) is 0 Å². The Morgan fingerprint density at radius 3 is 2.70 bits per heavy atom. The topological polar surface area (TPSA) is 193 Å². The number of carboxylic acids is 1. The average Bonchev–Trinajstić information content (AvgIpc) is 3.03. The standard InChI is InChI=1S/C13H18N6O6S2/c1-13(2,11(22)23)25-18-7(5-4-26-12(15)16-5)9(20)17-8-6(3-14)19(27-24)10(8)21/h4,6,8,24H,3,14H2,1-2H3,(H2,15,16)(H,17,20)(H,22,23)/b18-7-. The zero-order chi connectivity index (χ0) is 20.4. The molecule has 2 atom stereocenters. The predicted molar refractivity (Wildman–Crippen MR) is 97.7 cm³/mol. The summed E-state index contributed by atoms with van der Waals surface area (Å²) in [7, 11) is 0. The smallest absolute Gasteiger partial charge is 0.350 e. The SMILES string of the molecule is CC(C)(O/N=C(\C(=O)NC1C(=O)N(SO)C1CN)c1csc(N)n1)C(=O)O. The number of hydrogen-bond donors (Lipinski definition) is 5. The van der Waals surface area contributed by atoms with E-state index in [0.717, 1.165) is 15.6 Å². The van der Waals surface area contributed by atoms with Gasteiger partial charge in [-0.3, -0.25) is 13.9 Å². The van der Waals surface area contributed by atoms with Crippen LogP contribution in [0.5, 0.6) is 0 Å². The van der Waals surface area contributed by atoms with Crippen LogP contribution in [-0.4, -0.2) is 66.7 Å². The van der Waals surface area contributed by atoms with E-state index in [1.165, 1.54) is 19.2 Å². The first-order valence-electron chi connectivity index (χ1n) is 7.48. The molecule has 0 saturated carbocycles. The lowest BCUT2D eigenvalue weighted by molar-refractivity contribution is -0.161. The molecule has 1 aliphatic heterocycles. The van der Waals surface area contributed by atoms with Gasteiger partial charge in [0.25, 0.3) is 11.8 Å². The van der Waals surface area contributed by atoms with Crippen molar-refractivity contribution in [2.45, 2.75) is 31.5 Å². The van der Waals surface area contributed by atoms with Gasteiger partial charge in [0.2, 0.25) is 5.60 Å². The predicted octanol–water partition coefficient (Wildman–Crippen LogP) is -0.915. The zero-order valence-electron chi connectivity index (χ0n) is 14.3. The average molecular weight is 418 g/mol. The normalized spacial score (nSPS) is 20.2. The van der Waals surface area contributed by atoms with E-state index < -0.39 is 35.5 Å². The van der Waals surface area contributed by atoms with Gasteiger partial charge >= 0.3 is 5.97 Å². The van der Waals surface area contributed by atoms with Crippen molar-refractivity contribution >= 4 is 52.2 Å². The first-order chi connectivity index (χ1) is 12.6. The number of amides is 2. The van der Waals surface area contributed by atoms with Gasteiger partial charge in [0, 0.05) is 11.9 Å². The zero-order valence-corrected chi connectivity index (χ0v) is 15.9. The van der Waals surface area contributed by atoms with Crippen molar-refractivity contribution in [2.75, 3.05) is 12.3 Å². The highest BCUT2D eigenvalue weighted by Gasteiger charge is 2.48. The first-order valence-corrected chi connectivity index (χ1v) is 9.09. The minimum Gasteiger partial charge on any atom is -0.478 e. The molecule has 12 nitrogen and oxygen atoms in total. The molecule has 2 unspecified atom stereocenters. The van der Waals surface area contributed by atoms with Gasteiger partial charge in [-0.05, 0) is 13.8 Å². The first kappa shape index (κ1) is 20.9. The number of anilines is 1. The van der Waals surface area contributed by atoms with Crippen LogP contribution in [0.2, 0.25) is 0 Å². The third-order valence-electron chi connectivity index (χ3n) is 3.65. The van der Waals surface area contributed by atoms with E-state index in [-0.39, 0.29) is 35.3 Å². The second-order valence-electron chi connectivity index (χ2n) is 5.92. The number of thiazole rings is 1.